The van der Waals surface area contributed by atoms with Gasteiger partial charge in [-0.25, -0.2) is 0 Å². The number of hydrogen-bond donors (Lipinski definition) is 2. The number of pyridine rings is 1. The summed E-state index contributed by atoms with van der Waals surface area (Å²) in [4.78, 5) is 26.6. The SMILES string of the molecule is Cc1cc(=O)c(C(=O)Nc2cc(Br)ccc2Br)c[nH]1. The predicted octanol–water partition coefficient (Wildman–Crippen LogP) is 3.46. The van der Waals surface area contributed by atoms with E-state index >= 15 is 0 Å². The molecule has 0 saturated heterocycles. The van der Waals surface area contributed by atoms with Gasteiger partial charge in [0.1, 0.15) is 5.56 Å². The zero-order valence-electron chi connectivity index (χ0n) is 9.96. The van der Waals surface area contributed by atoms with E-state index in [0.717, 1.165) is 8.95 Å². The third kappa shape index (κ3) is 3.33. The molecule has 0 atom stereocenters. The Kier molecular flexibility index (Phi) is 4.21. The Balaban J connectivity index is 2.31. The van der Waals surface area contributed by atoms with Crippen molar-refractivity contribution in [1.82, 2.24) is 4.98 Å². The minimum atomic E-state index is -0.444. The minimum absolute atomic E-state index is 0.0810. The highest BCUT2D eigenvalue weighted by Gasteiger charge is 2.12. The van der Waals surface area contributed by atoms with E-state index in [9.17, 15) is 9.59 Å². The second kappa shape index (κ2) is 5.71. The summed E-state index contributed by atoms with van der Waals surface area (Å²) in [5.74, 6) is -0.444. The topological polar surface area (TPSA) is 62.0 Å². The molecule has 1 amide bonds. The fourth-order valence-corrected chi connectivity index (χ4v) is 2.24. The first-order valence-corrected chi connectivity index (χ1v) is 7.01. The Hall–Kier alpha value is -1.40. The highest BCUT2D eigenvalue weighted by molar-refractivity contribution is 9.11. The summed E-state index contributed by atoms with van der Waals surface area (Å²) in [6, 6.07) is 6.80. The number of amides is 1. The molecule has 0 saturated carbocycles. The van der Waals surface area contributed by atoms with E-state index in [-0.39, 0.29) is 11.0 Å². The molecule has 0 fully saturated rings. The molecule has 0 radical (unpaired) electrons. The third-order valence-electron chi connectivity index (χ3n) is 2.48. The Morgan fingerprint density at radius 3 is 2.68 bits per heavy atom. The van der Waals surface area contributed by atoms with Crippen LogP contribution >= 0.6 is 31.9 Å². The first kappa shape index (κ1) is 14.0. The van der Waals surface area contributed by atoms with E-state index in [4.69, 9.17) is 0 Å². The van der Waals surface area contributed by atoms with Crippen molar-refractivity contribution in [3.05, 3.63) is 60.9 Å². The standard InChI is InChI=1S/C13H10Br2N2O2/c1-7-4-12(18)9(6-16-7)13(19)17-11-5-8(14)2-3-10(11)15/h2-6H,1H3,(H,16,18)(H,17,19). The average molecular weight is 386 g/mol. The van der Waals surface area contributed by atoms with Crippen LogP contribution in [0.4, 0.5) is 5.69 Å². The van der Waals surface area contributed by atoms with Crippen molar-refractivity contribution in [3.8, 4) is 0 Å². The van der Waals surface area contributed by atoms with Crippen LogP contribution in [0.25, 0.3) is 0 Å². The van der Waals surface area contributed by atoms with Crippen LogP contribution < -0.4 is 10.7 Å². The Bertz CT molecular complexity index is 695. The number of carbonyl (C=O) groups is 1. The number of aryl methyl sites for hydroxylation is 1. The van der Waals surface area contributed by atoms with Crippen molar-refractivity contribution in [1.29, 1.82) is 0 Å². The fourth-order valence-electron chi connectivity index (χ4n) is 1.53. The molecule has 98 valence electrons. The number of carbonyl (C=O) groups excluding carboxylic acids is 1. The van der Waals surface area contributed by atoms with E-state index in [1.54, 1.807) is 19.1 Å². The molecule has 1 aromatic carbocycles. The molecule has 0 bridgehead atoms. The van der Waals surface area contributed by atoms with Crippen LogP contribution in [0.2, 0.25) is 0 Å². The zero-order chi connectivity index (χ0) is 14.0. The lowest BCUT2D eigenvalue weighted by atomic mass is 10.2. The molecule has 2 rings (SSSR count). The maximum Gasteiger partial charge on any atom is 0.261 e. The highest BCUT2D eigenvalue weighted by Crippen LogP contribution is 2.26. The second-order valence-corrected chi connectivity index (χ2v) is 5.74. The molecule has 0 aliphatic heterocycles. The molecule has 0 aliphatic carbocycles. The van der Waals surface area contributed by atoms with Gasteiger partial charge in [-0.2, -0.15) is 0 Å². The average Bonchev–Trinajstić information content (AvgIpc) is 2.33. The Morgan fingerprint density at radius 2 is 2.00 bits per heavy atom. The zero-order valence-corrected chi connectivity index (χ0v) is 13.1. The van der Waals surface area contributed by atoms with Crippen molar-refractivity contribution >= 4 is 43.5 Å². The summed E-state index contributed by atoms with van der Waals surface area (Å²) in [6.45, 7) is 1.76. The minimum Gasteiger partial charge on any atom is -0.364 e. The first-order valence-electron chi connectivity index (χ1n) is 5.43. The first-order chi connectivity index (χ1) is 8.97. The number of benzene rings is 1. The molecule has 6 heteroatoms. The van der Waals surface area contributed by atoms with Crippen LogP contribution in [-0.2, 0) is 0 Å². The lowest BCUT2D eigenvalue weighted by molar-refractivity contribution is 0.102. The van der Waals surface area contributed by atoms with Crippen LogP contribution in [0, 0.1) is 6.92 Å². The van der Waals surface area contributed by atoms with E-state index in [1.165, 1.54) is 12.3 Å². The largest absolute Gasteiger partial charge is 0.364 e. The quantitative estimate of drug-likeness (QED) is 0.831. The number of H-pyrrole nitrogens is 1. The Morgan fingerprint density at radius 1 is 1.26 bits per heavy atom. The van der Waals surface area contributed by atoms with Gasteiger partial charge in [0, 0.05) is 26.9 Å². The van der Waals surface area contributed by atoms with Crippen LogP contribution in [0.1, 0.15) is 16.1 Å². The molecule has 19 heavy (non-hydrogen) atoms. The van der Waals surface area contributed by atoms with Gasteiger partial charge in [0.15, 0.2) is 5.43 Å². The molecule has 0 unspecified atom stereocenters. The summed E-state index contributed by atoms with van der Waals surface area (Å²) in [6.07, 6.45) is 1.42. The van der Waals surface area contributed by atoms with Gasteiger partial charge < -0.3 is 10.3 Å². The van der Waals surface area contributed by atoms with E-state index < -0.39 is 5.91 Å². The maximum absolute atomic E-state index is 12.0. The summed E-state index contributed by atoms with van der Waals surface area (Å²) in [7, 11) is 0. The summed E-state index contributed by atoms with van der Waals surface area (Å²) < 4.78 is 1.58. The van der Waals surface area contributed by atoms with Crippen molar-refractivity contribution in [3.63, 3.8) is 0 Å². The van der Waals surface area contributed by atoms with Gasteiger partial charge in [-0.3, -0.25) is 9.59 Å². The molecule has 1 heterocycles. The molecule has 4 nitrogen and oxygen atoms in total. The summed E-state index contributed by atoms with van der Waals surface area (Å²) in [5.41, 5.74) is 1.09. The molecular weight excluding hydrogens is 376 g/mol. The van der Waals surface area contributed by atoms with Gasteiger partial charge in [0.2, 0.25) is 0 Å². The lowest BCUT2D eigenvalue weighted by Crippen LogP contribution is -2.21. The van der Waals surface area contributed by atoms with Crippen LogP contribution in [-0.4, -0.2) is 10.9 Å². The van der Waals surface area contributed by atoms with Crippen LogP contribution in [0.15, 0.2) is 44.2 Å². The number of hydrogen-bond acceptors (Lipinski definition) is 2. The van der Waals surface area contributed by atoms with E-state index in [2.05, 4.69) is 42.2 Å². The second-order valence-electron chi connectivity index (χ2n) is 3.97. The Labute approximate surface area is 126 Å². The lowest BCUT2D eigenvalue weighted by Gasteiger charge is -2.07. The number of anilines is 1. The van der Waals surface area contributed by atoms with Crippen molar-refractivity contribution in [2.24, 2.45) is 0 Å². The van der Waals surface area contributed by atoms with Gasteiger partial charge in [0.05, 0.1) is 5.69 Å². The number of rotatable bonds is 2. The maximum atomic E-state index is 12.0. The normalized spacial score (nSPS) is 10.3. The molecule has 1 aromatic heterocycles. The monoisotopic (exact) mass is 384 g/mol. The molecule has 0 spiro atoms. The van der Waals surface area contributed by atoms with E-state index in [0.29, 0.717) is 11.4 Å². The van der Waals surface area contributed by atoms with E-state index in [1.807, 2.05) is 6.07 Å². The summed E-state index contributed by atoms with van der Waals surface area (Å²) >= 11 is 6.67. The van der Waals surface area contributed by atoms with Gasteiger partial charge in [-0.15, -0.1) is 0 Å². The van der Waals surface area contributed by atoms with Crippen molar-refractivity contribution in [2.45, 2.75) is 6.92 Å². The number of halogens is 2. The van der Waals surface area contributed by atoms with Gasteiger partial charge in [-0.1, -0.05) is 15.9 Å². The smallest absolute Gasteiger partial charge is 0.261 e. The van der Waals surface area contributed by atoms with Gasteiger partial charge in [-0.05, 0) is 41.1 Å². The van der Waals surface area contributed by atoms with Gasteiger partial charge in [0.25, 0.3) is 5.91 Å². The van der Waals surface area contributed by atoms with Crippen molar-refractivity contribution in [2.75, 3.05) is 5.32 Å². The van der Waals surface area contributed by atoms with Crippen molar-refractivity contribution < 1.29 is 4.79 Å². The number of nitrogens with one attached hydrogen (secondary N) is 2. The molecule has 2 N–H and O–H groups in total. The summed E-state index contributed by atoms with van der Waals surface area (Å²) in [5, 5.41) is 2.69. The highest BCUT2D eigenvalue weighted by atomic mass is 79.9. The van der Waals surface area contributed by atoms with Crippen LogP contribution in [0.5, 0.6) is 0 Å². The number of aromatic amines is 1. The molecular formula is C13H10Br2N2O2. The molecule has 2 aromatic rings. The number of aromatic nitrogens is 1. The van der Waals surface area contributed by atoms with Gasteiger partial charge >= 0.3 is 0 Å². The fraction of sp³-hybridized carbons (Fsp3) is 0.0769. The predicted molar refractivity (Wildman–Crippen MR) is 81.6 cm³/mol. The molecule has 0 aliphatic rings. The van der Waals surface area contributed by atoms with Crippen LogP contribution in [0.3, 0.4) is 0 Å². The third-order valence-corrected chi connectivity index (χ3v) is 3.66.